The van der Waals surface area contributed by atoms with Crippen LogP contribution in [0.1, 0.15) is 49.5 Å². The van der Waals surface area contributed by atoms with Crippen LogP contribution in [0.5, 0.6) is 0 Å². The van der Waals surface area contributed by atoms with Gasteiger partial charge in [0.1, 0.15) is 11.2 Å². The molecule has 1 saturated carbocycles. The zero-order chi connectivity index (χ0) is 21.1. The third-order valence-electron chi connectivity index (χ3n) is 6.52. The smallest absolute Gasteiger partial charge is 0.271 e. The number of carbonyl (C=O) groups is 2. The van der Waals surface area contributed by atoms with E-state index in [9.17, 15) is 9.59 Å². The summed E-state index contributed by atoms with van der Waals surface area (Å²) in [5.74, 6) is -0.195. The van der Waals surface area contributed by atoms with Gasteiger partial charge in [-0.1, -0.05) is 49.6 Å². The lowest BCUT2D eigenvalue weighted by Crippen LogP contribution is -2.65. The Hall–Kier alpha value is -2.60. The van der Waals surface area contributed by atoms with Crippen molar-refractivity contribution in [2.45, 2.75) is 57.2 Å². The zero-order valence-electron chi connectivity index (χ0n) is 17.9. The number of hydrogen-bond acceptors (Lipinski definition) is 3. The number of aromatic nitrogens is 1. The molecule has 1 aromatic heterocycles. The van der Waals surface area contributed by atoms with Crippen LogP contribution in [0.2, 0.25) is 0 Å². The van der Waals surface area contributed by atoms with Crippen molar-refractivity contribution in [1.29, 1.82) is 0 Å². The predicted octanol–water partition coefficient (Wildman–Crippen LogP) is 3.46. The van der Waals surface area contributed by atoms with Gasteiger partial charge in [0.2, 0.25) is 5.91 Å². The van der Waals surface area contributed by atoms with Gasteiger partial charge in [-0.15, -0.1) is 0 Å². The highest BCUT2D eigenvalue weighted by Gasteiger charge is 2.48. The first-order chi connectivity index (χ1) is 14.5. The normalized spacial score (nSPS) is 22.1. The summed E-state index contributed by atoms with van der Waals surface area (Å²) in [4.78, 5) is 28.7. The molecule has 160 valence electrons. The number of benzene rings is 1. The van der Waals surface area contributed by atoms with Crippen molar-refractivity contribution in [3.05, 3.63) is 48.2 Å². The van der Waals surface area contributed by atoms with Crippen molar-refractivity contribution in [3.8, 4) is 11.3 Å². The molecule has 0 saturated heterocycles. The molecule has 6 heteroatoms. The molecule has 30 heavy (non-hydrogen) atoms. The van der Waals surface area contributed by atoms with Crippen LogP contribution >= 0.6 is 0 Å². The highest BCUT2D eigenvalue weighted by atomic mass is 16.5. The highest BCUT2D eigenvalue weighted by Crippen LogP contribution is 2.33. The Morgan fingerprint density at radius 1 is 1.10 bits per heavy atom. The number of nitrogens with zero attached hydrogens (tertiary/aromatic N) is 2. The van der Waals surface area contributed by atoms with E-state index < -0.39 is 5.54 Å². The first kappa shape index (κ1) is 20.7. The van der Waals surface area contributed by atoms with Crippen LogP contribution in [0.15, 0.2) is 42.5 Å². The van der Waals surface area contributed by atoms with Crippen LogP contribution in [0.25, 0.3) is 11.3 Å². The van der Waals surface area contributed by atoms with Crippen molar-refractivity contribution in [2.24, 2.45) is 0 Å². The van der Waals surface area contributed by atoms with Crippen molar-refractivity contribution in [3.63, 3.8) is 0 Å². The van der Waals surface area contributed by atoms with E-state index in [1.54, 1.807) is 12.0 Å². The van der Waals surface area contributed by atoms with Gasteiger partial charge in [0, 0.05) is 25.4 Å². The Morgan fingerprint density at radius 3 is 2.50 bits per heavy atom. The van der Waals surface area contributed by atoms with E-state index in [1.807, 2.05) is 54.0 Å². The minimum Gasteiger partial charge on any atom is -0.383 e. The minimum atomic E-state index is -0.970. The minimum absolute atomic E-state index is 0.0720. The molecule has 1 N–H and O–H groups in total. The maximum atomic E-state index is 13.5. The van der Waals surface area contributed by atoms with Gasteiger partial charge < -0.3 is 19.5 Å². The lowest BCUT2D eigenvalue weighted by Gasteiger charge is -2.45. The van der Waals surface area contributed by atoms with Crippen molar-refractivity contribution in [2.75, 3.05) is 20.3 Å². The summed E-state index contributed by atoms with van der Waals surface area (Å²) in [6.45, 7) is 3.09. The van der Waals surface area contributed by atoms with Crippen molar-refractivity contribution >= 4 is 11.8 Å². The Morgan fingerprint density at radius 2 is 1.80 bits per heavy atom. The molecule has 0 bridgehead atoms. The fourth-order valence-electron chi connectivity index (χ4n) is 4.75. The van der Waals surface area contributed by atoms with E-state index >= 15 is 0 Å². The quantitative estimate of drug-likeness (QED) is 0.795. The Bertz CT molecular complexity index is 902. The van der Waals surface area contributed by atoms with E-state index in [0.717, 1.165) is 36.9 Å². The van der Waals surface area contributed by atoms with E-state index in [0.29, 0.717) is 25.4 Å². The van der Waals surface area contributed by atoms with Gasteiger partial charge in [-0.05, 0) is 37.5 Å². The van der Waals surface area contributed by atoms with Gasteiger partial charge in [0.15, 0.2) is 0 Å². The molecule has 1 fully saturated rings. The summed E-state index contributed by atoms with van der Waals surface area (Å²) in [5.41, 5.74) is 1.65. The Labute approximate surface area is 178 Å². The average molecular weight is 410 g/mol. The number of ether oxygens (including phenoxy) is 1. The first-order valence-electron chi connectivity index (χ1n) is 10.9. The van der Waals surface area contributed by atoms with Crippen LogP contribution in [-0.2, 0) is 16.1 Å². The average Bonchev–Trinajstić information content (AvgIpc) is 3.18. The fourth-order valence-corrected chi connectivity index (χ4v) is 4.75. The molecule has 2 heterocycles. The number of amides is 2. The van der Waals surface area contributed by atoms with Gasteiger partial charge in [-0.25, -0.2) is 0 Å². The zero-order valence-corrected chi connectivity index (χ0v) is 17.9. The van der Waals surface area contributed by atoms with Gasteiger partial charge in [0.25, 0.3) is 5.91 Å². The summed E-state index contributed by atoms with van der Waals surface area (Å²) in [6, 6.07) is 14.0. The number of nitrogens with one attached hydrogen (secondary N) is 1. The molecule has 0 unspecified atom stereocenters. The number of carbonyl (C=O) groups excluding carboxylic acids is 2. The SMILES string of the molecule is COCCN1C(=O)c2ccc(-c3ccccc3)n2C[C@]1(C)C(=O)NC1CCCCC1. The molecule has 2 aliphatic rings. The van der Waals surface area contributed by atoms with E-state index in [4.69, 9.17) is 4.74 Å². The standard InChI is InChI=1S/C24H31N3O3/c1-24(23(29)25-19-11-7-4-8-12-19)17-26-20(18-9-5-3-6-10-18)13-14-21(26)22(28)27(24)15-16-30-2/h3,5-6,9-10,13-14,19H,4,7-8,11-12,15-17H2,1-2H3,(H,25,29)/t24-/m1/s1. The molecule has 2 amide bonds. The van der Waals surface area contributed by atoms with Gasteiger partial charge in [0.05, 0.1) is 13.2 Å². The lowest BCUT2D eigenvalue weighted by molar-refractivity contribution is -0.134. The van der Waals surface area contributed by atoms with Gasteiger partial charge in [-0.3, -0.25) is 9.59 Å². The second-order valence-corrected chi connectivity index (χ2v) is 8.59. The van der Waals surface area contributed by atoms with Crippen LogP contribution in [0.3, 0.4) is 0 Å². The lowest BCUT2D eigenvalue weighted by atomic mass is 9.91. The molecular weight excluding hydrogens is 378 g/mol. The maximum absolute atomic E-state index is 13.5. The summed E-state index contributed by atoms with van der Waals surface area (Å²) < 4.78 is 7.25. The van der Waals surface area contributed by atoms with Gasteiger partial charge in [-0.2, -0.15) is 0 Å². The molecular formula is C24H31N3O3. The fraction of sp³-hybridized carbons (Fsp3) is 0.500. The molecule has 4 rings (SSSR count). The first-order valence-corrected chi connectivity index (χ1v) is 10.9. The summed E-state index contributed by atoms with van der Waals surface area (Å²) >= 11 is 0. The molecule has 1 aromatic carbocycles. The van der Waals surface area contributed by atoms with Crippen LogP contribution in [0, 0.1) is 0 Å². The van der Waals surface area contributed by atoms with Gasteiger partial charge >= 0.3 is 0 Å². The molecule has 1 aliphatic carbocycles. The van der Waals surface area contributed by atoms with E-state index in [2.05, 4.69) is 5.32 Å². The predicted molar refractivity (Wildman–Crippen MR) is 116 cm³/mol. The maximum Gasteiger partial charge on any atom is 0.271 e. The summed E-state index contributed by atoms with van der Waals surface area (Å²) in [6.07, 6.45) is 5.55. The molecule has 0 spiro atoms. The molecule has 1 atom stereocenters. The molecule has 2 aromatic rings. The third kappa shape index (κ3) is 3.76. The largest absolute Gasteiger partial charge is 0.383 e. The Balaban J connectivity index is 1.69. The monoisotopic (exact) mass is 409 g/mol. The van der Waals surface area contributed by atoms with Crippen LogP contribution < -0.4 is 5.32 Å². The third-order valence-corrected chi connectivity index (χ3v) is 6.52. The number of rotatable bonds is 6. The summed E-state index contributed by atoms with van der Waals surface area (Å²) in [5, 5.41) is 3.25. The molecule has 0 radical (unpaired) electrons. The topological polar surface area (TPSA) is 63.6 Å². The number of methoxy groups -OCH3 is 1. The second kappa shape index (κ2) is 8.64. The van der Waals surface area contributed by atoms with Crippen LogP contribution in [-0.4, -0.2) is 53.1 Å². The van der Waals surface area contributed by atoms with Crippen molar-refractivity contribution < 1.29 is 14.3 Å². The van der Waals surface area contributed by atoms with E-state index in [1.165, 1.54) is 6.42 Å². The second-order valence-electron chi connectivity index (χ2n) is 8.59. The van der Waals surface area contributed by atoms with Crippen LogP contribution in [0.4, 0.5) is 0 Å². The van der Waals surface area contributed by atoms with E-state index in [-0.39, 0.29) is 17.9 Å². The van der Waals surface area contributed by atoms with Crippen molar-refractivity contribution in [1.82, 2.24) is 14.8 Å². The Kier molecular flexibility index (Phi) is 5.95. The summed E-state index contributed by atoms with van der Waals surface area (Å²) in [7, 11) is 1.62. The number of hydrogen-bond donors (Lipinski definition) is 1. The molecule has 1 aliphatic heterocycles. The molecule has 6 nitrogen and oxygen atoms in total. The highest BCUT2D eigenvalue weighted by molar-refractivity contribution is 6.00. The number of fused-ring (bicyclic) bond motifs is 1.